The smallest absolute Gasteiger partial charge is 0.408 e. The van der Waals surface area contributed by atoms with E-state index in [0.29, 0.717) is 29.7 Å². The summed E-state index contributed by atoms with van der Waals surface area (Å²) in [5, 5.41) is 5.85. The average molecular weight is 548 g/mol. The Morgan fingerprint density at radius 3 is 2.10 bits per heavy atom. The second kappa shape index (κ2) is 13.5. The molecular weight excluding hydrogens is 502 g/mol. The van der Waals surface area contributed by atoms with Crippen LogP contribution >= 0.6 is 0 Å². The zero-order chi connectivity index (χ0) is 30.3. The van der Waals surface area contributed by atoms with E-state index in [1.54, 1.807) is 49.9 Å². The molecule has 0 spiro atoms. The lowest BCUT2D eigenvalue weighted by atomic mass is 9.89. The first kappa shape index (κ1) is 32.4. The van der Waals surface area contributed by atoms with Crippen molar-refractivity contribution < 1.29 is 19.1 Å². The number of benzene rings is 2. The first-order chi connectivity index (χ1) is 18.6. The second-order valence-corrected chi connectivity index (χ2v) is 11.9. The molecule has 0 radical (unpaired) electrons. The monoisotopic (exact) mass is 547 g/mol. The maximum absolute atomic E-state index is 14.6. The molecule has 0 fully saturated rings. The number of hydrogen-bond donors (Lipinski definition) is 2. The minimum absolute atomic E-state index is 0.223. The highest BCUT2D eigenvalue weighted by Gasteiger charge is 2.44. The maximum Gasteiger partial charge on any atom is 0.408 e. The number of carbonyl (C=O) groups excluding carboxylic acids is 3. The number of aryl methyl sites for hydroxylation is 1. The molecule has 2 aromatic rings. The molecular formula is C33H45N3O4. The molecule has 0 aromatic heterocycles. The molecule has 0 bridgehead atoms. The van der Waals surface area contributed by atoms with E-state index in [4.69, 9.17) is 11.2 Å². The number of anilines is 1. The number of nitrogens with one attached hydrogen (secondary N) is 2. The van der Waals surface area contributed by atoms with Gasteiger partial charge >= 0.3 is 6.09 Å². The molecule has 0 aliphatic heterocycles. The Kier molecular flexibility index (Phi) is 11.0. The summed E-state index contributed by atoms with van der Waals surface area (Å²) in [5.74, 6) is 1.65. The van der Waals surface area contributed by atoms with E-state index in [2.05, 4.69) is 16.6 Å². The molecule has 7 heteroatoms. The Morgan fingerprint density at radius 1 is 1.00 bits per heavy atom. The van der Waals surface area contributed by atoms with E-state index >= 15 is 0 Å². The van der Waals surface area contributed by atoms with Crippen molar-refractivity contribution in [3.8, 4) is 12.3 Å². The molecule has 216 valence electrons. The Bertz CT molecular complexity index is 1220. The summed E-state index contributed by atoms with van der Waals surface area (Å²) in [6.45, 7) is 16.9. The largest absolute Gasteiger partial charge is 0.444 e. The Hall–Kier alpha value is -3.79. The molecule has 3 atom stereocenters. The van der Waals surface area contributed by atoms with Crippen LogP contribution in [-0.4, -0.2) is 40.0 Å². The highest BCUT2D eigenvalue weighted by atomic mass is 16.6. The summed E-state index contributed by atoms with van der Waals surface area (Å²) in [7, 11) is 0. The Labute approximate surface area is 240 Å². The molecule has 2 rings (SSSR count). The van der Waals surface area contributed by atoms with Gasteiger partial charge < -0.3 is 20.3 Å². The third-order valence-corrected chi connectivity index (χ3v) is 7.21. The maximum atomic E-state index is 14.6. The van der Waals surface area contributed by atoms with Crippen molar-refractivity contribution in [1.29, 1.82) is 0 Å². The number of carbonyl (C=O) groups is 3. The van der Waals surface area contributed by atoms with Crippen molar-refractivity contribution in [2.45, 2.75) is 98.4 Å². The molecule has 7 nitrogen and oxygen atoms in total. The summed E-state index contributed by atoms with van der Waals surface area (Å²) in [6.07, 6.45) is 6.10. The lowest BCUT2D eigenvalue weighted by Crippen LogP contribution is -2.60. The van der Waals surface area contributed by atoms with E-state index in [1.807, 2.05) is 65.8 Å². The van der Waals surface area contributed by atoms with Crippen molar-refractivity contribution in [2.75, 3.05) is 5.32 Å². The third kappa shape index (κ3) is 8.35. The van der Waals surface area contributed by atoms with Gasteiger partial charge in [-0.25, -0.2) is 4.79 Å². The number of para-hydroxylation sites is 1. The highest BCUT2D eigenvalue weighted by Crippen LogP contribution is 2.34. The van der Waals surface area contributed by atoms with Crippen LogP contribution in [0.15, 0.2) is 48.5 Å². The third-order valence-electron chi connectivity index (χ3n) is 7.21. The van der Waals surface area contributed by atoms with Gasteiger partial charge in [0.05, 0.1) is 0 Å². The summed E-state index contributed by atoms with van der Waals surface area (Å²) in [4.78, 5) is 43.2. The summed E-state index contributed by atoms with van der Waals surface area (Å²) in [6, 6.07) is 12.7. The van der Waals surface area contributed by atoms with E-state index < -0.39 is 29.3 Å². The first-order valence-electron chi connectivity index (χ1n) is 13.9. The normalized spacial score (nSPS) is 13.8. The van der Waals surface area contributed by atoms with Gasteiger partial charge in [0, 0.05) is 16.8 Å². The molecule has 3 amide bonds. The predicted octanol–water partition coefficient (Wildman–Crippen LogP) is 6.61. The van der Waals surface area contributed by atoms with Gasteiger partial charge in [-0.3, -0.25) is 9.59 Å². The standard InChI is InChI=1S/C33H45N3O4/c1-11-22(4)27(35-31(39)40-32(6,7)8)30(38)36(33(9,10)13-3)28(25-20-18-24(12-2)19-21-25)29(37)34-26-17-15-14-16-23(26)5/h2,14-22,27-28H,11,13H2,1,3-10H3,(H,34,37)(H,35,39). The van der Waals surface area contributed by atoms with E-state index in [9.17, 15) is 14.4 Å². The van der Waals surface area contributed by atoms with Crippen LogP contribution in [0.5, 0.6) is 0 Å². The average Bonchev–Trinajstić information content (AvgIpc) is 2.89. The van der Waals surface area contributed by atoms with Crippen LogP contribution in [0.2, 0.25) is 0 Å². The predicted molar refractivity (Wildman–Crippen MR) is 161 cm³/mol. The van der Waals surface area contributed by atoms with Crippen LogP contribution in [0, 0.1) is 25.2 Å². The molecule has 2 N–H and O–H groups in total. The minimum Gasteiger partial charge on any atom is -0.444 e. The van der Waals surface area contributed by atoms with E-state index in [0.717, 1.165) is 5.56 Å². The number of rotatable bonds is 10. The second-order valence-electron chi connectivity index (χ2n) is 11.9. The lowest BCUT2D eigenvalue weighted by molar-refractivity contribution is -0.148. The molecule has 2 aromatic carbocycles. The quantitative estimate of drug-likeness (QED) is 0.328. The SMILES string of the molecule is C#Cc1ccc(C(C(=O)Nc2ccccc2C)N(C(=O)C(NC(=O)OC(C)(C)C)C(C)CC)C(C)(C)CC)cc1. The van der Waals surface area contributed by atoms with E-state index in [-0.39, 0.29) is 17.7 Å². The molecule has 0 saturated heterocycles. The zero-order valence-corrected chi connectivity index (χ0v) is 25.4. The van der Waals surface area contributed by atoms with Crippen LogP contribution in [0.25, 0.3) is 0 Å². The van der Waals surface area contributed by atoms with Crippen LogP contribution in [-0.2, 0) is 14.3 Å². The van der Waals surface area contributed by atoms with Gasteiger partial charge in [0.15, 0.2) is 0 Å². The molecule has 3 unspecified atom stereocenters. The summed E-state index contributed by atoms with van der Waals surface area (Å²) >= 11 is 0. The zero-order valence-electron chi connectivity index (χ0n) is 25.4. The Balaban J connectivity index is 2.69. The number of alkyl carbamates (subject to hydrolysis) is 1. The minimum atomic E-state index is -0.999. The molecule has 0 heterocycles. The summed E-state index contributed by atoms with van der Waals surface area (Å²) in [5.41, 5.74) is 1.35. The molecule has 0 aliphatic carbocycles. The van der Waals surface area contributed by atoms with Crippen molar-refractivity contribution >= 4 is 23.6 Å². The van der Waals surface area contributed by atoms with Crippen LogP contribution < -0.4 is 10.6 Å². The van der Waals surface area contributed by atoms with Gasteiger partial charge in [0.2, 0.25) is 5.91 Å². The van der Waals surface area contributed by atoms with Gasteiger partial charge in [-0.1, -0.05) is 63.4 Å². The van der Waals surface area contributed by atoms with Gasteiger partial charge in [0.25, 0.3) is 5.91 Å². The van der Waals surface area contributed by atoms with E-state index in [1.165, 1.54) is 0 Å². The van der Waals surface area contributed by atoms with Gasteiger partial charge in [-0.2, -0.15) is 0 Å². The Morgan fingerprint density at radius 2 is 1.60 bits per heavy atom. The van der Waals surface area contributed by atoms with Crippen LogP contribution in [0.1, 0.15) is 91.0 Å². The molecule has 0 saturated carbocycles. The fourth-order valence-electron chi connectivity index (χ4n) is 4.31. The molecule has 0 aliphatic rings. The number of ether oxygens (including phenoxy) is 1. The fraction of sp³-hybridized carbons (Fsp3) is 0.485. The number of amides is 3. The van der Waals surface area contributed by atoms with Gasteiger partial charge in [-0.15, -0.1) is 6.42 Å². The lowest BCUT2D eigenvalue weighted by Gasteiger charge is -2.45. The fourth-order valence-corrected chi connectivity index (χ4v) is 4.31. The highest BCUT2D eigenvalue weighted by molar-refractivity contribution is 5.99. The topological polar surface area (TPSA) is 87.7 Å². The van der Waals surface area contributed by atoms with Crippen LogP contribution in [0.4, 0.5) is 10.5 Å². The van der Waals surface area contributed by atoms with Crippen LogP contribution in [0.3, 0.4) is 0 Å². The molecule has 40 heavy (non-hydrogen) atoms. The van der Waals surface area contributed by atoms with Crippen molar-refractivity contribution in [1.82, 2.24) is 10.2 Å². The summed E-state index contributed by atoms with van der Waals surface area (Å²) < 4.78 is 5.50. The number of nitrogens with zero attached hydrogens (tertiary/aromatic N) is 1. The van der Waals surface area contributed by atoms with Crippen molar-refractivity contribution in [3.05, 3.63) is 65.2 Å². The van der Waals surface area contributed by atoms with Gasteiger partial charge in [-0.05, 0) is 83.2 Å². The van der Waals surface area contributed by atoms with Crippen molar-refractivity contribution in [2.24, 2.45) is 5.92 Å². The van der Waals surface area contributed by atoms with Crippen molar-refractivity contribution in [3.63, 3.8) is 0 Å². The number of terminal acetylenes is 1. The first-order valence-corrected chi connectivity index (χ1v) is 13.9. The number of hydrogen-bond acceptors (Lipinski definition) is 4. The van der Waals surface area contributed by atoms with Gasteiger partial charge in [0.1, 0.15) is 17.7 Å².